The van der Waals surface area contributed by atoms with Crippen molar-refractivity contribution in [2.45, 2.75) is 37.1 Å². The molecule has 2 heterocycles. The summed E-state index contributed by atoms with van der Waals surface area (Å²) in [4.78, 5) is 10.8. The van der Waals surface area contributed by atoms with Gasteiger partial charge in [-0.05, 0) is 12.8 Å². The fraction of sp³-hybridized carbons (Fsp3) is 0.857. The number of esters is 1. The molecule has 10 heavy (non-hydrogen) atoms. The summed E-state index contributed by atoms with van der Waals surface area (Å²) in [5.41, 5.74) is -0.128. The van der Waals surface area contributed by atoms with Crippen molar-refractivity contribution >= 4 is 5.97 Å². The third-order valence-corrected chi connectivity index (χ3v) is 2.78. The third-order valence-electron chi connectivity index (χ3n) is 2.78. The molecule has 54 valence electrons. The fourth-order valence-corrected chi connectivity index (χ4v) is 2.22. The molecule has 0 aromatic rings. The van der Waals surface area contributed by atoms with Gasteiger partial charge in [-0.3, -0.25) is 4.79 Å². The zero-order chi connectivity index (χ0) is 6.77. The van der Waals surface area contributed by atoms with Crippen LogP contribution < -0.4 is 0 Å². The van der Waals surface area contributed by atoms with Gasteiger partial charge in [-0.2, -0.15) is 0 Å². The van der Waals surface area contributed by atoms with Gasteiger partial charge >= 0.3 is 5.97 Å². The van der Waals surface area contributed by atoms with Gasteiger partial charge in [0, 0.05) is 0 Å². The Morgan fingerprint density at radius 1 is 1.40 bits per heavy atom. The minimum Gasteiger partial charge on any atom is -0.459 e. The van der Waals surface area contributed by atoms with Gasteiger partial charge in [0.1, 0.15) is 11.7 Å². The zero-order valence-corrected chi connectivity index (χ0v) is 5.50. The Balaban J connectivity index is 1.99. The molecule has 1 spiro atoms. The zero-order valence-electron chi connectivity index (χ0n) is 5.50. The largest absolute Gasteiger partial charge is 0.459 e. The van der Waals surface area contributed by atoms with Gasteiger partial charge < -0.3 is 9.47 Å². The van der Waals surface area contributed by atoms with Crippen LogP contribution in [0.2, 0.25) is 0 Å². The van der Waals surface area contributed by atoms with Crippen LogP contribution >= 0.6 is 0 Å². The van der Waals surface area contributed by atoms with Gasteiger partial charge in [0.15, 0.2) is 0 Å². The second kappa shape index (κ2) is 1.23. The summed E-state index contributed by atoms with van der Waals surface area (Å²) >= 11 is 0. The summed E-state index contributed by atoms with van der Waals surface area (Å²) in [6.45, 7) is 0. The summed E-state index contributed by atoms with van der Waals surface area (Å²) in [5, 5.41) is 0. The van der Waals surface area contributed by atoms with Crippen LogP contribution in [0.4, 0.5) is 0 Å². The molecule has 0 amide bonds. The highest BCUT2D eigenvalue weighted by Crippen LogP contribution is 2.56. The van der Waals surface area contributed by atoms with Gasteiger partial charge in [0.25, 0.3) is 0 Å². The number of epoxide rings is 1. The molecule has 0 aromatic heterocycles. The molecule has 1 saturated carbocycles. The highest BCUT2D eigenvalue weighted by Gasteiger charge is 2.71. The van der Waals surface area contributed by atoms with Crippen molar-refractivity contribution in [2.24, 2.45) is 0 Å². The van der Waals surface area contributed by atoms with Crippen LogP contribution in [0.15, 0.2) is 0 Å². The monoisotopic (exact) mass is 140 g/mol. The minimum atomic E-state index is -0.128. The Kier molecular flexibility index (Phi) is 0.632. The first kappa shape index (κ1) is 5.13. The Morgan fingerprint density at radius 2 is 2.20 bits per heavy atom. The van der Waals surface area contributed by atoms with E-state index < -0.39 is 0 Å². The molecule has 2 saturated heterocycles. The number of carbonyl (C=O) groups is 1. The molecule has 3 heteroatoms. The highest BCUT2D eigenvalue weighted by molar-refractivity contribution is 5.75. The SMILES string of the molecule is O=C1C[C@@]23O[C@H]2CC[C@H]3O1. The molecule has 3 atom stereocenters. The van der Waals surface area contributed by atoms with E-state index in [9.17, 15) is 4.79 Å². The summed E-state index contributed by atoms with van der Waals surface area (Å²) in [6, 6.07) is 0. The predicted octanol–water partition coefficient (Wildman–Crippen LogP) is 0.233. The van der Waals surface area contributed by atoms with E-state index in [2.05, 4.69) is 0 Å². The molecule has 0 aromatic carbocycles. The molecular formula is C7H8O3. The molecular weight excluding hydrogens is 132 g/mol. The summed E-state index contributed by atoms with van der Waals surface area (Å²) in [5.74, 6) is -0.0767. The van der Waals surface area contributed by atoms with Crippen molar-refractivity contribution in [1.82, 2.24) is 0 Å². The topological polar surface area (TPSA) is 38.8 Å². The number of hydrogen-bond acceptors (Lipinski definition) is 3. The van der Waals surface area contributed by atoms with Crippen molar-refractivity contribution in [3.05, 3.63) is 0 Å². The molecule has 0 bridgehead atoms. The van der Waals surface area contributed by atoms with E-state index in [-0.39, 0.29) is 17.7 Å². The minimum absolute atomic E-state index is 0.0767. The normalized spacial score (nSPS) is 55.8. The van der Waals surface area contributed by atoms with E-state index in [0.717, 1.165) is 12.8 Å². The Morgan fingerprint density at radius 3 is 2.90 bits per heavy atom. The lowest BCUT2D eigenvalue weighted by Crippen LogP contribution is -2.20. The summed E-state index contributed by atoms with van der Waals surface area (Å²) < 4.78 is 10.5. The second-order valence-electron chi connectivity index (χ2n) is 3.29. The van der Waals surface area contributed by atoms with Crippen molar-refractivity contribution in [3.63, 3.8) is 0 Å². The maximum atomic E-state index is 10.8. The van der Waals surface area contributed by atoms with Crippen LogP contribution in [0, 0.1) is 0 Å². The number of carbonyl (C=O) groups excluding carboxylic acids is 1. The predicted molar refractivity (Wildman–Crippen MR) is 31.3 cm³/mol. The number of rotatable bonds is 0. The Labute approximate surface area is 58.3 Å². The van der Waals surface area contributed by atoms with Gasteiger partial charge in [-0.25, -0.2) is 0 Å². The molecule has 2 aliphatic heterocycles. The van der Waals surface area contributed by atoms with Gasteiger partial charge in [-0.1, -0.05) is 0 Å². The Hall–Kier alpha value is -0.570. The third kappa shape index (κ3) is 0.380. The van der Waals surface area contributed by atoms with Crippen LogP contribution in [0.1, 0.15) is 19.3 Å². The van der Waals surface area contributed by atoms with Crippen LogP contribution in [0.5, 0.6) is 0 Å². The lowest BCUT2D eigenvalue weighted by molar-refractivity contribution is -0.141. The van der Waals surface area contributed by atoms with E-state index in [1.165, 1.54) is 0 Å². The van der Waals surface area contributed by atoms with Crippen molar-refractivity contribution in [2.75, 3.05) is 0 Å². The van der Waals surface area contributed by atoms with Gasteiger partial charge in [0.2, 0.25) is 0 Å². The van der Waals surface area contributed by atoms with E-state index in [1.807, 2.05) is 0 Å². The average Bonchev–Trinajstić information content (AvgIpc) is 2.28. The molecule has 3 nitrogen and oxygen atoms in total. The molecule has 3 rings (SSSR count). The highest BCUT2D eigenvalue weighted by atomic mass is 16.7. The lowest BCUT2D eigenvalue weighted by atomic mass is 10.0. The van der Waals surface area contributed by atoms with Gasteiger partial charge in [0.05, 0.1) is 12.5 Å². The average molecular weight is 140 g/mol. The van der Waals surface area contributed by atoms with Crippen LogP contribution in [0.3, 0.4) is 0 Å². The standard InChI is InChI=1S/C7H8O3/c8-6-3-7-4(9-6)1-2-5(7)10-7/h4-5H,1-3H2/t4-,5+,7+/m1/s1. The van der Waals surface area contributed by atoms with Crippen LogP contribution in [-0.2, 0) is 14.3 Å². The van der Waals surface area contributed by atoms with E-state index >= 15 is 0 Å². The molecule has 3 aliphatic rings. The first-order valence-corrected chi connectivity index (χ1v) is 3.68. The van der Waals surface area contributed by atoms with Crippen molar-refractivity contribution < 1.29 is 14.3 Å². The van der Waals surface area contributed by atoms with E-state index in [4.69, 9.17) is 9.47 Å². The van der Waals surface area contributed by atoms with Crippen LogP contribution in [-0.4, -0.2) is 23.8 Å². The molecule has 1 aliphatic carbocycles. The first-order chi connectivity index (χ1) is 4.81. The quantitative estimate of drug-likeness (QED) is 0.357. The molecule has 3 fully saturated rings. The smallest absolute Gasteiger partial charge is 0.309 e. The maximum Gasteiger partial charge on any atom is 0.309 e. The number of hydrogen-bond donors (Lipinski definition) is 0. The summed E-state index contributed by atoms with van der Waals surface area (Å²) in [7, 11) is 0. The molecule has 0 unspecified atom stereocenters. The molecule has 0 radical (unpaired) electrons. The van der Waals surface area contributed by atoms with Crippen LogP contribution in [0.25, 0.3) is 0 Å². The van der Waals surface area contributed by atoms with E-state index in [1.54, 1.807) is 0 Å². The lowest BCUT2D eigenvalue weighted by Gasteiger charge is -2.06. The van der Waals surface area contributed by atoms with Crippen molar-refractivity contribution in [1.29, 1.82) is 0 Å². The Bertz CT molecular complexity index is 213. The maximum absolute atomic E-state index is 10.8. The molecule has 0 N–H and O–H groups in total. The van der Waals surface area contributed by atoms with Gasteiger partial charge in [-0.15, -0.1) is 0 Å². The second-order valence-corrected chi connectivity index (χ2v) is 3.29. The van der Waals surface area contributed by atoms with Crippen molar-refractivity contribution in [3.8, 4) is 0 Å². The number of ether oxygens (including phenoxy) is 2. The first-order valence-electron chi connectivity index (χ1n) is 3.68. The van der Waals surface area contributed by atoms with E-state index in [0.29, 0.717) is 12.5 Å². The summed E-state index contributed by atoms with van der Waals surface area (Å²) in [6.07, 6.45) is 3.05. The fourth-order valence-electron chi connectivity index (χ4n) is 2.22.